The number of Topliss-reactive ketones (excluding diaryl/α,β-unsaturated/α-hetero) is 1. The summed E-state index contributed by atoms with van der Waals surface area (Å²) in [5.41, 5.74) is 0.819. The topological polar surface area (TPSA) is 51.2 Å². The van der Waals surface area contributed by atoms with Gasteiger partial charge in [-0.15, -0.1) is 0 Å². The zero-order chi connectivity index (χ0) is 14.6. The van der Waals surface area contributed by atoms with E-state index in [1.54, 1.807) is 18.2 Å². The first-order chi connectivity index (χ1) is 9.49. The normalized spacial score (nSPS) is 11.2. The van der Waals surface area contributed by atoms with Crippen LogP contribution in [0.3, 0.4) is 0 Å². The second-order valence-electron chi connectivity index (χ2n) is 4.39. The molecule has 0 N–H and O–H groups in total. The Hall–Kier alpha value is -1.46. The molecule has 20 heavy (non-hydrogen) atoms. The van der Waals surface area contributed by atoms with E-state index in [0.717, 1.165) is 5.56 Å². The first-order valence-electron chi connectivity index (χ1n) is 6.02. The largest absolute Gasteiger partial charge is 0.298 e. The number of hydrogen-bond donors (Lipinski definition) is 0. The molecule has 0 radical (unpaired) electrons. The Morgan fingerprint density at radius 3 is 2.20 bits per heavy atom. The van der Waals surface area contributed by atoms with Crippen LogP contribution >= 0.6 is 15.9 Å². The summed E-state index contributed by atoms with van der Waals surface area (Å²) in [5.74, 6) is -0.795. The summed E-state index contributed by atoms with van der Waals surface area (Å²) in [6, 6.07) is 15.6. The molecule has 104 valence electrons. The fourth-order valence-corrected chi connectivity index (χ4v) is 4.22. The van der Waals surface area contributed by atoms with Gasteiger partial charge in [0.15, 0.2) is 15.6 Å². The molecule has 0 bridgehead atoms. The molecular formula is C15H13BrO3S. The summed E-state index contributed by atoms with van der Waals surface area (Å²) in [5, 5.41) is 0. The Morgan fingerprint density at radius 1 is 0.950 bits per heavy atom. The fraction of sp³-hybridized carbons (Fsp3) is 0.133. The lowest BCUT2D eigenvalue weighted by molar-refractivity contribution is -0.116. The van der Waals surface area contributed by atoms with E-state index in [2.05, 4.69) is 15.9 Å². The molecule has 0 atom stereocenters. The second-order valence-corrected chi connectivity index (χ2v) is 7.20. The maximum absolute atomic E-state index is 12.2. The van der Waals surface area contributed by atoms with E-state index in [9.17, 15) is 13.2 Å². The van der Waals surface area contributed by atoms with Crippen LogP contribution in [0, 0.1) is 0 Å². The van der Waals surface area contributed by atoms with Crippen LogP contribution in [0.2, 0.25) is 0 Å². The van der Waals surface area contributed by atoms with Gasteiger partial charge in [0.25, 0.3) is 0 Å². The minimum atomic E-state index is -3.61. The van der Waals surface area contributed by atoms with Gasteiger partial charge in [0, 0.05) is 10.9 Å². The highest BCUT2D eigenvalue weighted by Crippen LogP contribution is 2.22. The molecule has 2 rings (SSSR count). The number of carbonyl (C=O) groups is 1. The van der Waals surface area contributed by atoms with Crippen LogP contribution in [0.15, 0.2) is 64.0 Å². The predicted molar refractivity (Wildman–Crippen MR) is 81.3 cm³/mol. The predicted octanol–water partition coefficient (Wildman–Crippen LogP) is 3.03. The van der Waals surface area contributed by atoms with Gasteiger partial charge in [-0.25, -0.2) is 8.42 Å². The highest BCUT2D eigenvalue weighted by Gasteiger charge is 2.21. The minimum Gasteiger partial charge on any atom is -0.298 e. The summed E-state index contributed by atoms with van der Waals surface area (Å²) in [4.78, 5) is 12.1. The number of ketones is 1. The Morgan fingerprint density at radius 2 is 1.55 bits per heavy atom. The van der Waals surface area contributed by atoms with Crippen LogP contribution in [-0.4, -0.2) is 20.0 Å². The van der Waals surface area contributed by atoms with Crippen LogP contribution in [0.4, 0.5) is 0 Å². The molecule has 5 heteroatoms. The molecule has 0 amide bonds. The number of hydrogen-bond acceptors (Lipinski definition) is 3. The molecule has 3 nitrogen and oxygen atoms in total. The number of halogens is 1. The molecular weight excluding hydrogens is 340 g/mol. The Kier molecular flexibility index (Phi) is 4.73. The zero-order valence-electron chi connectivity index (χ0n) is 10.6. The first kappa shape index (κ1) is 14.9. The first-order valence-corrected chi connectivity index (χ1v) is 8.46. The SMILES string of the molecule is O=C(Cc1ccccc1)CS(=O)(=O)c1ccccc1Br. The molecule has 0 fully saturated rings. The van der Waals surface area contributed by atoms with Gasteiger partial charge in [-0.2, -0.15) is 0 Å². The Bertz CT molecular complexity index is 709. The van der Waals surface area contributed by atoms with Crippen molar-refractivity contribution in [1.29, 1.82) is 0 Å². The van der Waals surface area contributed by atoms with Crippen molar-refractivity contribution in [3.63, 3.8) is 0 Å². The number of sulfone groups is 1. The van der Waals surface area contributed by atoms with Crippen molar-refractivity contribution < 1.29 is 13.2 Å². The highest BCUT2D eigenvalue weighted by atomic mass is 79.9. The van der Waals surface area contributed by atoms with Gasteiger partial charge in [-0.1, -0.05) is 42.5 Å². The molecule has 0 saturated heterocycles. The van der Waals surface area contributed by atoms with Crippen LogP contribution in [0.5, 0.6) is 0 Å². The van der Waals surface area contributed by atoms with Gasteiger partial charge < -0.3 is 0 Å². The zero-order valence-corrected chi connectivity index (χ0v) is 13.0. The number of benzene rings is 2. The quantitative estimate of drug-likeness (QED) is 0.830. The van der Waals surface area contributed by atoms with Crippen molar-refractivity contribution in [1.82, 2.24) is 0 Å². The molecule has 0 saturated carbocycles. The van der Waals surface area contributed by atoms with Crippen LogP contribution in [0.1, 0.15) is 5.56 Å². The monoisotopic (exact) mass is 352 g/mol. The third-order valence-corrected chi connectivity index (χ3v) is 5.45. The summed E-state index contributed by atoms with van der Waals surface area (Å²) in [6.07, 6.45) is 0.129. The van der Waals surface area contributed by atoms with E-state index >= 15 is 0 Å². The second kappa shape index (κ2) is 6.33. The molecule has 2 aromatic carbocycles. The highest BCUT2D eigenvalue weighted by molar-refractivity contribution is 9.10. The summed E-state index contributed by atoms with van der Waals surface area (Å²) in [6.45, 7) is 0. The molecule has 0 aliphatic rings. The van der Waals surface area contributed by atoms with Gasteiger partial charge in [0.1, 0.15) is 5.75 Å². The van der Waals surface area contributed by atoms with Crippen LogP contribution in [-0.2, 0) is 21.1 Å². The van der Waals surface area contributed by atoms with Crippen molar-refractivity contribution in [2.45, 2.75) is 11.3 Å². The van der Waals surface area contributed by atoms with Crippen molar-refractivity contribution in [2.75, 3.05) is 5.75 Å². The summed E-state index contributed by atoms with van der Waals surface area (Å²) < 4.78 is 24.9. The Balaban J connectivity index is 2.13. The van der Waals surface area contributed by atoms with Crippen molar-refractivity contribution in [2.24, 2.45) is 0 Å². The maximum atomic E-state index is 12.2. The molecule has 0 aromatic heterocycles. The average molecular weight is 353 g/mol. The standard InChI is InChI=1S/C15H13BrO3S/c16-14-8-4-5-9-15(14)20(18,19)11-13(17)10-12-6-2-1-3-7-12/h1-9H,10-11H2. The van der Waals surface area contributed by atoms with Crippen LogP contribution in [0.25, 0.3) is 0 Å². The third kappa shape index (κ3) is 3.77. The van der Waals surface area contributed by atoms with E-state index in [-0.39, 0.29) is 17.1 Å². The number of rotatable bonds is 5. The number of carbonyl (C=O) groups excluding carboxylic acids is 1. The Labute approximate surface area is 126 Å². The lowest BCUT2D eigenvalue weighted by Gasteiger charge is -2.06. The van der Waals surface area contributed by atoms with Crippen LogP contribution < -0.4 is 0 Å². The fourth-order valence-electron chi connectivity index (χ4n) is 1.86. The minimum absolute atomic E-state index is 0.129. The van der Waals surface area contributed by atoms with Gasteiger partial charge in [0.2, 0.25) is 0 Å². The molecule has 0 heterocycles. The van der Waals surface area contributed by atoms with Gasteiger partial charge in [-0.3, -0.25) is 4.79 Å². The van der Waals surface area contributed by atoms with Crippen molar-refractivity contribution in [3.05, 3.63) is 64.6 Å². The lowest BCUT2D eigenvalue weighted by atomic mass is 10.1. The third-order valence-electron chi connectivity index (χ3n) is 2.77. The van der Waals surface area contributed by atoms with Crippen molar-refractivity contribution >= 4 is 31.6 Å². The van der Waals surface area contributed by atoms with E-state index in [0.29, 0.717) is 4.47 Å². The van der Waals surface area contributed by atoms with Gasteiger partial charge in [-0.05, 0) is 33.6 Å². The summed E-state index contributed by atoms with van der Waals surface area (Å²) >= 11 is 3.20. The maximum Gasteiger partial charge on any atom is 0.186 e. The molecule has 0 aliphatic heterocycles. The molecule has 0 spiro atoms. The summed E-state index contributed by atoms with van der Waals surface area (Å²) in [7, 11) is -3.61. The van der Waals surface area contributed by atoms with Gasteiger partial charge >= 0.3 is 0 Å². The van der Waals surface area contributed by atoms with E-state index in [1.165, 1.54) is 6.07 Å². The smallest absolute Gasteiger partial charge is 0.186 e. The van der Waals surface area contributed by atoms with Crippen molar-refractivity contribution in [3.8, 4) is 0 Å². The molecule has 0 aliphatic carbocycles. The van der Waals surface area contributed by atoms with E-state index in [1.807, 2.05) is 30.3 Å². The molecule has 2 aromatic rings. The van der Waals surface area contributed by atoms with E-state index < -0.39 is 15.6 Å². The average Bonchev–Trinajstić information content (AvgIpc) is 2.39. The van der Waals surface area contributed by atoms with E-state index in [4.69, 9.17) is 0 Å². The lowest BCUT2D eigenvalue weighted by Crippen LogP contribution is -2.18. The van der Waals surface area contributed by atoms with Gasteiger partial charge in [0.05, 0.1) is 4.90 Å². The molecule has 0 unspecified atom stereocenters.